The molecule has 0 aromatic carbocycles. The Bertz CT molecular complexity index is 559. The number of urea groups is 1. The SMILES string of the molecule is Cc1noc(C)c1CNC(=O)N[C@H]1CCS(=O)(=O)C1. The van der Waals surface area contributed by atoms with Gasteiger partial charge < -0.3 is 15.2 Å². The quantitative estimate of drug-likeness (QED) is 0.831. The predicted octanol–water partition coefficient (Wildman–Crippen LogP) is 0.278. The molecule has 1 atom stereocenters. The van der Waals surface area contributed by atoms with E-state index >= 15 is 0 Å². The van der Waals surface area contributed by atoms with Crippen LogP contribution in [0.1, 0.15) is 23.4 Å². The number of rotatable bonds is 3. The Morgan fingerprint density at radius 2 is 2.21 bits per heavy atom. The lowest BCUT2D eigenvalue weighted by Gasteiger charge is -2.11. The molecule has 19 heavy (non-hydrogen) atoms. The van der Waals surface area contributed by atoms with Crippen LogP contribution in [0.2, 0.25) is 0 Å². The molecule has 1 aromatic rings. The summed E-state index contributed by atoms with van der Waals surface area (Å²) in [6.45, 7) is 3.89. The molecule has 8 heteroatoms. The maximum atomic E-state index is 11.7. The molecule has 106 valence electrons. The lowest BCUT2D eigenvalue weighted by Crippen LogP contribution is -2.42. The van der Waals surface area contributed by atoms with Crippen molar-refractivity contribution in [2.75, 3.05) is 11.5 Å². The molecule has 2 N–H and O–H groups in total. The van der Waals surface area contributed by atoms with Gasteiger partial charge in [-0.15, -0.1) is 0 Å². The standard InChI is InChI=1S/C11H17N3O4S/c1-7-10(8(2)18-14-7)5-12-11(15)13-9-3-4-19(16,17)6-9/h9H,3-6H2,1-2H3,(H2,12,13,15)/t9-/m0/s1. The van der Waals surface area contributed by atoms with Gasteiger partial charge in [-0.05, 0) is 20.3 Å². The average Bonchev–Trinajstić information content (AvgIpc) is 2.80. The van der Waals surface area contributed by atoms with E-state index in [0.717, 1.165) is 11.3 Å². The fourth-order valence-corrected chi connectivity index (χ4v) is 3.74. The van der Waals surface area contributed by atoms with Crippen molar-refractivity contribution in [2.45, 2.75) is 32.9 Å². The van der Waals surface area contributed by atoms with Crippen molar-refractivity contribution < 1.29 is 17.7 Å². The van der Waals surface area contributed by atoms with Crippen LogP contribution >= 0.6 is 0 Å². The van der Waals surface area contributed by atoms with E-state index in [1.165, 1.54) is 0 Å². The number of aromatic nitrogens is 1. The summed E-state index contributed by atoms with van der Waals surface area (Å²) in [5.41, 5.74) is 1.58. The first-order valence-corrected chi connectivity index (χ1v) is 7.86. The maximum absolute atomic E-state index is 11.7. The average molecular weight is 287 g/mol. The van der Waals surface area contributed by atoms with Gasteiger partial charge in [0.05, 0.1) is 17.2 Å². The summed E-state index contributed by atoms with van der Waals surface area (Å²) in [5, 5.41) is 9.12. The summed E-state index contributed by atoms with van der Waals surface area (Å²) in [6.07, 6.45) is 0.473. The molecular weight excluding hydrogens is 270 g/mol. The van der Waals surface area contributed by atoms with E-state index in [2.05, 4.69) is 15.8 Å². The van der Waals surface area contributed by atoms with Gasteiger partial charge >= 0.3 is 6.03 Å². The minimum absolute atomic E-state index is 0.0196. The third-order valence-corrected chi connectivity index (χ3v) is 4.94. The number of carbonyl (C=O) groups excluding carboxylic acids is 1. The van der Waals surface area contributed by atoms with Crippen molar-refractivity contribution in [1.29, 1.82) is 0 Å². The lowest BCUT2D eigenvalue weighted by atomic mass is 10.2. The van der Waals surface area contributed by atoms with Gasteiger partial charge in [-0.2, -0.15) is 0 Å². The summed E-state index contributed by atoms with van der Waals surface area (Å²) >= 11 is 0. The molecule has 0 aliphatic carbocycles. The molecule has 0 saturated carbocycles. The van der Waals surface area contributed by atoms with Crippen molar-refractivity contribution in [3.63, 3.8) is 0 Å². The normalized spacial score (nSPS) is 21.3. The van der Waals surface area contributed by atoms with E-state index in [1.54, 1.807) is 13.8 Å². The monoisotopic (exact) mass is 287 g/mol. The van der Waals surface area contributed by atoms with Crippen LogP contribution in [0.3, 0.4) is 0 Å². The third-order valence-electron chi connectivity index (χ3n) is 3.17. The summed E-state index contributed by atoms with van der Waals surface area (Å²) in [4.78, 5) is 11.7. The highest BCUT2D eigenvalue weighted by Crippen LogP contribution is 2.12. The Kier molecular flexibility index (Phi) is 3.79. The van der Waals surface area contributed by atoms with Crippen LogP contribution in [-0.4, -0.2) is 37.2 Å². The summed E-state index contributed by atoms with van der Waals surface area (Å²) in [7, 11) is -2.98. The predicted molar refractivity (Wildman–Crippen MR) is 68.4 cm³/mol. The number of amides is 2. The van der Waals surface area contributed by atoms with E-state index in [-0.39, 0.29) is 23.6 Å². The molecule has 0 spiro atoms. The second-order valence-corrected chi connectivity index (χ2v) is 6.96. The van der Waals surface area contributed by atoms with Crippen LogP contribution in [0.15, 0.2) is 4.52 Å². The number of nitrogens with one attached hydrogen (secondary N) is 2. The Labute approximate surface area is 111 Å². The molecule has 0 radical (unpaired) electrons. The van der Waals surface area contributed by atoms with Crippen LogP contribution in [0.25, 0.3) is 0 Å². The molecular formula is C11H17N3O4S. The number of aryl methyl sites for hydroxylation is 2. The molecule has 1 fully saturated rings. The number of hydrogen-bond acceptors (Lipinski definition) is 5. The molecule has 2 amide bonds. The Morgan fingerprint density at radius 1 is 1.47 bits per heavy atom. The van der Waals surface area contributed by atoms with Gasteiger partial charge in [0.1, 0.15) is 5.76 Å². The molecule has 1 aliphatic heterocycles. The zero-order valence-corrected chi connectivity index (χ0v) is 11.7. The number of hydrogen-bond donors (Lipinski definition) is 2. The van der Waals surface area contributed by atoms with Gasteiger partial charge in [0.25, 0.3) is 0 Å². The molecule has 2 heterocycles. The fraction of sp³-hybridized carbons (Fsp3) is 0.636. The topological polar surface area (TPSA) is 101 Å². The van der Waals surface area contributed by atoms with Crippen LogP contribution in [0, 0.1) is 13.8 Å². The summed E-state index contributed by atoms with van der Waals surface area (Å²) in [6, 6.07) is -0.670. The van der Waals surface area contributed by atoms with Gasteiger partial charge in [0.15, 0.2) is 9.84 Å². The first-order chi connectivity index (χ1) is 8.87. The molecule has 0 unspecified atom stereocenters. The highest BCUT2D eigenvalue weighted by atomic mass is 32.2. The second kappa shape index (κ2) is 5.20. The zero-order chi connectivity index (χ0) is 14.0. The van der Waals surface area contributed by atoms with Crippen molar-refractivity contribution in [3.05, 3.63) is 17.0 Å². The minimum atomic E-state index is -2.98. The molecule has 7 nitrogen and oxygen atoms in total. The molecule has 1 aromatic heterocycles. The van der Waals surface area contributed by atoms with E-state index in [0.29, 0.717) is 18.7 Å². The van der Waals surface area contributed by atoms with Crippen molar-refractivity contribution in [3.8, 4) is 0 Å². The van der Waals surface area contributed by atoms with Crippen LogP contribution < -0.4 is 10.6 Å². The Balaban J connectivity index is 1.83. The number of carbonyl (C=O) groups is 1. The van der Waals surface area contributed by atoms with Crippen LogP contribution in [0.5, 0.6) is 0 Å². The van der Waals surface area contributed by atoms with E-state index in [9.17, 15) is 13.2 Å². The first kappa shape index (κ1) is 13.9. The highest BCUT2D eigenvalue weighted by molar-refractivity contribution is 7.91. The highest BCUT2D eigenvalue weighted by Gasteiger charge is 2.28. The second-order valence-electron chi connectivity index (χ2n) is 4.73. The van der Waals surface area contributed by atoms with Gasteiger partial charge in [-0.25, -0.2) is 13.2 Å². The Hall–Kier alpha value is -1.57. The largest absolute Gasteiger partial charge is 0.361 e. The molecule has 1 saturated heterocycles. The van der Waals surface area contributed by atoms with E-state index in [4.69, 9.17) is 4.52 Å². The van der Waals surface area contributed by atoms with Crippen LogP contribution in [0.4, 0.5) is 4.79 Å². The van der Waals surface area contributed by atoms with Crippen LogP contribution in [-0.2, 0) is 16.4 Å². The lowest BCUT2D eigenvalue weighted by molar-refractivity contribution is 0.237. The minimum Gasteiger partial charge on any atom is -0.361 e. The third kappa shape index (κ3) is 3.46. The van der Waals surface area contributed by atoms with Gasteiger partial charge in [0.2, 0.25) is 0 Å². The molecule has 0 bridgehead atoms. The van der Waals surface area contributed by atoms with Crippen molar-refractivity contribution >= 4 is 15.9 Å². The summed E-state index contributed by atoms with van der Waals surface area (Å²) < 4.78 is 27.5. The number of sulfone groups is 1. The molecule has 1 aliphatic rings. The number of nitrogens with zero attached hydrogens (tertiary/aromatic N) is 1. The zero-order valence-electron chi connectivity index (χ0n) is 10.9. The van der Waals surface area contributed by atoms with Gasteiger partial charge in [0, 0.05) is 18.2 Å². The first-order valence-electron chi connectivity index (χ1n) is 6.04. The molecule has 2 rings (SSSR count). The fourth-order valence-electron chi connectivity index (χ4n) is 2.07. The van der Waals surface area contributed by atoms with Gasteiger partial charge in [-0.3, -0.25) is 0 Å². The van der Waals surface area contributed by atoms with E-state index in [1.807, 2.05) is 0 Å². The Morgan fingerprint density at radius 3 is 2.74 bits per heavy atom. The van der Waals surface area contributed by atoms with Crippen molar-refractivity contribution in [2.24, 2.45) is 0 Å². The maximum Gasteiger partial charge on any atom is 0.315 e. The smallest absolute Gasteiger partial charge is 0.315 e. The van der Waals surface area contributed by atoms with E-state index < -0.39 is 9.84 Å². The van der Waals surface area contributed by atoms with Gasteiger partial charge in [-0.1, -0.05) is 5.16 Å². The summed E-state index contributed by atoms with van der Waals surface area (Å²) in [5.74, 6) is 0.828. The van der Waals surface area contributed by atoms with Crippen molar-refractivity contribution in [1.82, 2.24) is 15.8 Å².